The summed E-state index contributed by atoms with van der Waals surface area (Å²) < 4.78 is 72.2. The maximum Gasteiger partial charge on any atom is 0.416 e. The Morgan fingerprint density at radius 1 is 1.09 bits per heavy atom. The highest BCUT2D eigenvalue weighted by atomic mass is 32.2. The van der Waals surface area contributed by atoms with Crippen LogP contribution in [0.5, 0.6) is 0 Å². The average molecular weight is 499 g/mol. The minimum absolute atomic E-state index is 0.146. The van der Waals surface area contributed by atoms with Gasteiger partial charge in [-0.2, -0.15) is 13.2 Å². The molecule has 1 saturated heterocycles. The van der Waals surface area contributed by atoms with Crippen LogP contribution >= 0.6 is 0 Å². The lowest BCUT2D eigenvalue weighted by Gasteiger charge is -2.33. The molecule has 0 N–H and O–H groups in total. The molecule has 1 aliphatic heterocycles. The molecule has 1 amide bonds. The number of aryl methyl sites for hydroxylation is 1. The fourth-order valence-corrected chi connectivity index (χ4v) is 5.15. The smallest absolute Gasteiger partial charge is 0.416 e. The van der Waals surface area contributed by atoms with Gasteiger partial charge in [0.05, 0.1) is 29.2 Å². The molecular formula is C23H25F3N2O5S. The lowest BCUT2D eigenvalue weighted by molar-refractivity contribution is -0.148. The molecular weight excluding hydrogens is 473 g/mol. The number of hydrogen-bond donors (Lipinski definition) is 0. The first kappa shape index (κ1) is 25.5. The van der Waals surface area contributed by atoms with E-state index in [-0.39, 0.29) is 35.6 Å². The molecule has 0 spiro atoms. The minimum Gasteiger partial charge on any atom is -0.469 e. The number of methoxy groups -OCH3 is 1. The van der Waals surface area contributed by atoms with Crippen LogP contribution in [0.15, 0.2) is 53.4 Å². The number of carbonyl (C=O) groups is 2. The summed E-state index contributed by atoms with van der Waals surface area (Å²) in [6.45, 7) is 1.50. The highest BCUT2D eigenvalue weighted by Crippen LogP contribution is 2.33. The molecule has 7 nitrogen and oxygen atoms in total. The van der Waals surface area contributed by atoms with Gasteiger partial charge in [0.15, 0.2) is 0 Å². The van der Waals surface area contributed by atoms with E-state index in [4.69, 9.17) is 4.74 Å². The van der Waals surface area contributed by atoms with Crippen LogP contribution in [0.2, 0.25) is 0 Å². The Hall–Kier alpha value is -3.08. The average Bonchev–Trinajstić information content (AvgIpc) is 2.81. The van der Waals surface area contributed by atoms with E-state index >= 15 is 0 Å². The predicted molar refractivity (Wildman–Crippen MR) is 118 cm³/mol. The highest BCUT2D eigenvalue weighted by Gasteiger charge is 2.35. The van der Waals surface area contributed by atoms with Crippen molar-refractivity contribution >= 4 is 27.6 Å². The maximum atomic E-state index is 13.4. The molecule has 0 saturated carbocycles. The summed E-state index contributed by atoms with van der Waals surface area (Å²) >= 11 is 0. The molecule has 34 heavy (non-hydrogen) atoms. The van der Waals surface area contributed by atoms with Crippen LogP contribution in [0.3, 0.4) is 0 Å². The molecule has 0 atom stereocenters. The van der Waals surface area contributed by atoms with Crippen molar-refractivity contribution in [1.82, 2.24) is 4.90 Å². The molecule has 3 rings (SSSR count). The summed E-state index contributed by atoms with van der Waals surface area (Å²) in [4.78, 5) is 26.0. The second-order valence-electron chi connectivity index (χ2n) is 8.05. The van der Waals surface area contributed by atoms with Gasteiger partial charge in [-0.25, -0.2) is 8.42 Å². The SMILES string of the molecule is COC(=O)C1CCN(C(=O)CN(c2cccc(C(F)(F)F)c2)S(=O)(=O)c2ccc(C)cc2)CC1. The normalized spacial score (nSPS) is 15.1. The number of esters is 1. The Kier molecular flexibility index (Phi) is 7.54. The number of piperidine rings is 1. The Morgan fingerprint density at radius 3 is 2.26 bits per heavy atom. The number of likely N-dealkylation sites (tertiary alicyclic amines) is 1. The predicted octanol–water partition coefficient (Wildman–Crippen LogP) is 3.62. The van der Waals surface area contributed by atoms with Crippen molar-refractivity contribution in [2.75, 3.05) is 31.0 Å². The highest BCUT2D eigenvalue weighted by molar-refractivity contribution is 7.92. The number of ether oxygens (including phenoxy) is 1. The Bertz CT molecular complexity index is 1140. The molecule has 184 valence electrons. The molecule has 2 aromatic carbocycles. The van der Waals surface area contributed by atoms with Gasteiger partial charge < -0.3 is 9.64 Å². The van der Waals surface area contributed by atoms with Gasteiger partial charge in [-0.05, 0) is 50.1 Å². The number of rotatable bonds is 6. The zero-order valence-corrected chi connectivity index (χ0v) is 19.5. The van der Waals surface area contributed by atoms with Crippen molar-refractivity contribution < 1.29 is 35.9 Å². The van der Waals surface area contributed by atoms with Gasteiger partial charge in [-0.3, -0.25) is 13.9 Å². The number of sulfonamides is 1. The molecule has 2 aromatic rings. The molecule has 0 aromatic heterocycles. The lowest BCUT2D eigenvalue weighted by Crippen LogP contribution is -2.46. The van der Waals surface area contributed by atoms with Gasteiger partial charge >= 0.3 is 12.1 Å². The quantitative estimate of drug-likeness (QED) is 0.568. The number of halogens is 3. The van der Waals surface area contributed by atoms with E-state index in [0.717, 1.165) is 17.7 Å². The summed E-state index contributed by atoms with van der Waals surface area (Å²) in [7, 11) is -3.07. The van der Waals surface area contributed by atoms with Crippen LogP contribution in [-0.2, 0) is 30.5 Å². The fraction of sp³-hybridized carbons (Fsp3) is 0.391. The fourth-order valence-electron chi connectivity index (χ4n) is 3.74. The van der Waals surface area contributed by atoms with Gasteiger partial charge in [0.25, 0.3) is 10.0 Å². The van der Waals surface area contributed by atoms with Gasteiger partial charge in [-0.1, -0.05) is 23.8 Å². The summed E-state index contributed by atoms with van der Waals surface area (Å²) in [5, 5.41) is 0. The Labute approximate surface area is 196 Å². The molecule has 1 aliphatic rings. The summed E-state index contributed by atoms with van der Waals surface area (Å²) in [6.07, 6.45) is -3.98. The minimum atomic E-state index is -4.69. The Morgan fingerprint density at radius 2 is 1.71 bits per heavy atom. The number of nitrogens with zero attached hydrogens (tertiary/aromatic N) is 2. The number of benzene rings is 2. The van der Waals surface area contributed by atoms with Crippen molar-refractivity contribution in [3.05, 3.63) is 59.7 Å². The summed E-state index contributed by atoms with van der Waals surface area (Å²) in [6, 6.07) is 9.68. The van der Waals surface area contributed by atoms with Crippen LogP contribution in [0.4, 0.5) is 18.9 Å². The van der Waals surface area contributed by atoms with E-state index in [0.29, 0.717) is 23.2 Å². The Balaban J connectivity index is 1.92. The van der Waals surface area contributed by atoms with Crippen LogP contribution in [0.1, 0.15) is 24.0 Å². The first-order valence-corrected chi connectivity index (χ1v) is 12.0. The van der Waals surface area contributed by atoms with Crippen molar-refractivity contribution in [2.24, 2.45) is 5.92 Å². The van der Waals surface area contributed by atoms with Crippen LogP contribution in [0, 0.1) is 12.8 Å². The number of anilines is 1. The van der Waals surface area contributed by atoms with Gasteiger partial charge in [0.1, 0.15) is 6.54 Å². The second kappa shape index (κ2) is 10.0. The third-order valence-corrected chi connectivity index (χ3v) is 7.52. The van der Waals surface area contributed by atoms with E-state index in [1.165, 1.54) is 30.2 Å². The topological polar surface area (TPSA) is 84.0 Å². The zero-order valence-electron chi connectivity index (χ0n) is 18.7. The van der Waals surface area contributed by atoms with Crippen LogP contribution in [-0.4, -0.2) is 51.9 Å². The first-order chi connectivity index (χ1) is 15.9. The number of amides is 1. The second-order valence-corrected chi connectivity index (χ2v) is 9.91. The largest absolute Gasteiger partial charge is 0.469 e. The molecule has 0 radical (unpaired) electrons. The monoisotopic (exact) mass is 498 g/mol. The molecule has 0 bridgehead atoms. The zero-order chi connectivity index (χ0) is 25.1. The summed E-state index contributed by atoms with van der Waals surface area (Å²) in [5.41, 5.74) is -0.497. The summed E-state index contributed by atoms with van der Waals surface area (Å²) in [5.74, 6) is -1.30. The van der Waals surface area contributed by atoms with E-state index in [1.807, 2.05) is 0 Å². The van der Waals surface area contributed by atoms with E-state index < -0.39 is 34.2 Å². The molecule has 11 heteroatoms. The standard InChI is InChI=1S/C23H25F3N2O5S/c1-16-6-8-20(9-7-16)34(31,32)28(19-5-3-4-18(14-19)23(24,25)26)15-21(29)27-12-10-17(11-13-27)22(30)33-2/h3-9,14,17H,10-13,15H2,1-2H3. The first-order valence-electron chi connectivity index (χ1n) is 10.6. The molecule has 0 aliphatic carbocycles. The lowest BCUT2D eigenvalue weighted by atomic mass is 9.97. The van der Waals surface area contributed by atoms with Crippen molar-refractivity contribution in [1.29, 1.82) is 0 Å². The van der Waals surface area contributed by atoms with Crippen LogP contribution < -0.4 is 4.31 Å². The third-order valence-electron chi connectivity index (χ3n) is 5.73. The molecule has 1 heterocycles. The van der Waals surface area contributed by atoms with Gasteiger partial charge in [-0.15, -0.1) is 0 Å². The van der Waals surface area contributed by atoms with Gasteiger partial charge in [0.2, 0.25) is 5.91 Å². The number of alkyl halides is 3. The van der Waals surface area contributed by atoms with E-state index in [9.17, 15) is 31.2 Å². The van der Waals surface area contributed by atoms with Crippen molar-refractivity contribution in [3.63, 3.8) is 0 Å². The number of hydrogen-bond acceptors (Lipinski definition) is 5. The third kappa shape index (κ3) is 5.69. The molecule has 0 unspecified atom stereocenters. The molecule has 1 fully saturated rings. The number of carbonyl (C=O) groups excluding carboxylic acids is 2. The van der Waals surface area contributed by atoms with Crippen molar-refractivity contribution in [2.45, 2.75) is 30.8 Å². The maximum absolute atomic E-state index is 13.4. The van der Waals surface area contributed by atoms with Gasteiger partial charge in [0, 0.05) is 13.1 Å². The van der Waals surface area contributed by atoms with Crippen LogP contribution in [0.25, 0.3) is 0 Å². The van der Waals surface area contributed by atoms with Crippen molar-refractivity contribution in [3.8, 4) is 0 Å². The van der Waals surface area contributed by atoms with E-state index in [1.54, 1.807) is 19.1 Å². The van der Waals surface area contributed by atoms with E-state index in [2.05, 4.69) is 0 Å².